The zero-order valence-electron chi connectivity index (χ0n) is 10.3. The van der Waals surface area contributed by atoms with E-state index in [0.29, 0.717) is 0 Å². The molecule has 0 saturated heterocycles. The van der Waals surface area contributed by atoms with E-state index in [0.717, 1.165) is 30.9 Å². The summed E-state index contributed by atoms with van der Waals surface area (Å²) in [6, 6.07) is 15.7. The Kier molecular flexibility index (Phi) is 3.94. The summed E-state index contributed by atoms with van der Waals surface area (Å²) in [5.74, 6) is 0. The van der Waals surface area contributed by atoms with Crippen molar-refractivity contribution in [1.29, 1.82) is 0 Å². The summed E-state index contributed by atoms with van der Waals surface area (Å²) in [4.78, 5) is 0. The van der Waals surface area contributed by atoms with Crippen LogP contribution in [0.5, 0.6) is 0 Å². The lowest BCUT2D eigenvalue weighted by Crippen LogP contribution is -1.63. The highest BCUT2D eigenvalue weighted by Gasteiger charge is 1.97. The van der Waals surface area contributed by atoms with Crippen LogP contribution >= 0.6 is 31.9 Å². The van der Waals surface area contributed by atoms with Crippen LogP contribution in [0.3, 0.4) is 0 Å². The van der Waals surface area contributed by atoms with Crippen LogP contribution in [0.2, 0.25) is 0 Å². The van der Waals surface area contributed by atoms with E-state index in [2.05, 4.69) is 31.9 Å². The van der Waals surface area contributed by atoms with Crippen molar-refractivity contribution in [2.75, 3.05) is 0 Å². The number of benzene rings is 2. The lowest BCUT2D eigenvalue weighted by atomic mass is 10.3. The quantitative estimate of drug-likeness (QED) is 0.346. The number of hydrogen-bond acceptors (Lipinski definition) is 2. The molecule has 0 saturated carbocycles. The molecule has 0 spiro atoms. The highest BCUT2D eigenvalue weighted by molar-refractivity contribution is 9.11. The molecule has 2 heterocycles. The second-order valence-electron chi connectivity index (χ2n) is 4.17. The zero-order chi connectivity index (χ0) is 13.9. The van der Waals surface area contributed by atoms with E-state index < -0.39 is 0 Å². The Bertz CT molecular complexity index is 845. The van der Waals surface area contributed by atoms with Gasteiger partial charge in [0.1, 0.15) is 11.2 Å². The van der Waals surface area contributed by atoms with Crippen molar-refractivity contribution < 1.29 is 8.83 Å². The van der Waals surface area contributed by atoms with Gasteiger partial charge in [0.2, 0.25) is 0 Å². The minimum atomic E-state index is 0.925. The maximum atomic E-state index is 5.17. The molecule has 0 aliphatic heterocycles. The van der Waals surface area contributed by atoms with Gasteiger partial charge in [-0.1, -0.05) is 37.9 Å². The second-order valence-corrected chi connectivity index (χ2v) is 5.95. The second kappa shape index (κ2) is 5.85. The van der Waals surface area contributed by atoms with Crippen molar-refractivity contribution in [3.8, 4) is 0 Å². The zero-order valence-corrected chi connectivity index (χ0v) is 13.5. The summed E-state index contributed by atoms with van der Waals surface area (Å²) in [5, 5.41) is 2.26. The Morgan fingerprint density at radius 2 is 1.55 bits per heavy atom. The normalized spacial score (nSPS) is 10.5. The molecule has 2 aromatic carbocycles. The summed E-state index contributed by atoms with van der Waals surface area (Å²) >= 11 is 6.79. The van der Waals surface area contributed by atoms with Gasteiger partial charge in [0, 0.05) is 19.7 Å². The first-order valence-corrected chi connectivity index (χ1v) is 7.57. The van der Waals surface area contributed by atoms with E-state index in [1.165, 1.54) is 0 Å². The molecule has 0 unspecified atom stereocenters. The van der Waals surface area contributed by atoms with Gasteiger partial charge in [0.15, 0.2) is 0 Å². The molecule has 4 rings (SSSR count). The first kappa shape index (κ1) is 13.5. The maximum absolute atomic E-state index is 5.17. The van der Waals surface area contributed by atoms with Crippen molar-refractivity contribution in [3.05, 3.63) is 70.0 Å². The number of hydrogen-bond donors (Lipinski definition) is 0. The Labute approximate surface area is 132 Å². The first-order chi connectivity index (χ1) is 9.74. The molecular weight excluding hydrogens is 384 g/mol. The molecule has 100 valence electrons. The lowest BCUT2D eigenvalue weighted by Gasteiger charge is -1.88. The molecular formula is C16H10Br2O2. The number of rotatable bonds is 0. The maximum Gasteiger partial charge on any atom is 0.134 e. The van der Waals surface area contributed by atoms with Gasteiger partial charge >= 0.3 is 0 Å². The summed E-state index contributed by atoms with van der Waals surface area (Å²) in [5.41, 5.74) is 1.86. The van der Waals surface area contributed by atoms with Crippen molar-refractivity contribution in [2.24, 2.45) is 0 Å². The van der Waals surface area contributed by atoms with Crippen LogP contribution in [0.25, 0.3) is 21.9 Å². The van der Waals surface area contributed by atoms with Crippen LogP contribution in [-0.4, -0.2) is 0 Å². The number of halogens is 2. The molecule has 0 amide bonds. The molecule has 20 heavy (non-hydrogen) atoms. The molecule has 4 aromatic rings. The smallest absolute Gasteiger partial charge is 0.134 e. The average Bonchev–Trinajstić information content (AvgIpc) is 3.07. The highest BCUT2D eigenvalue weighted by Crippen LogP contribution is 2.23. The van der Waals surface area contributed by atoms with E-state index in [9.17, 15) is 0 Å². The fourth-order valence-electron chi connectivity index (χ4n) is 1.89. The number of furan rings is 2. The molecule has 2 nitrogen and oxygen atoms in total. The van der Waals surface area contributed by atoms with Crippen LogP contribution in [0, 0.1) is 0 Å². The summed E-state index contributed by atoms with van der Waals surface area (Å²) in [6.45, 7) is 0. The summed E-state index contributed by atoms with van der Waals surface area (Å²) < 4.78 is 12.5. The lowest BCUT2D eigenvalue weighted by molar-refractivity contribution is 0.615. The van der Waals surface area contributed by atoms with Crippen LogP contribution < -0.4 is 0 Å². The molecule has 0 atom stereocenters. The molecule has 0 aliphatic rings. The topological polar surface area (TPSA) is 26.3 Å². The van der Waals surface area contributed by atoms with Crippen LogP contribution in [0.1, 0.15) is 0 Å². The Morgan fingerprint density at radius 3 is 2.40 bits per heavy atom. The van der Waals surface area contributed by atoms with Gasteiger partial charge in [-0.25, -0.2) is 0 Å². The van der Waals surface area contributed by atoms with Gasteiger partial charge in [-0.15, -0.1) is 0 Å². The summed E-state index contributed by atoms with van der Waals surface area (Å²) in [6.07, 6.45) is 3.38. The SMILES string of the molecule is Brc1ccc2occc2c1.Brc1cccc2occc12. The van der Waals surface area contributed by atoms with Crippen LogP contribution in [0.4, 0.5) is 0 Å². The Morgan fingerprint density at radius 1 is 0.750 bits per heavy atom. The van der Waals surface area contributed by atoms with Crippen molar-refractivity contribution >= 4 is 53.8 Å². The van der Waals surface area contributed by atoms with E-state index >= 15 is 0 Å². The van der Waals surface area contributed by atoms with Gasteiger partial charge < -0.3 is 8.83 Å². The van der Waals surface area contributed by atoms with Gasteiger partial charge in [-0.05, 0) is 42.5 Å². The molecule has 4 heteroatoms. The third-order valence-corrected chi connectivity index (χ3v) is 4.04. The summed E-state index contributed by atoms with van der Waals surface area (Å²) in [7, 11) is 0. The minimum Gasteiger partial charge on any atom is -0.464 e. The molecule has 0 radical (unpaired) electrons. The molecule has 0 fully saturated rings. The van der Waals surface area contributed by atoms with Gasteiger partial charge in [0.25, 0.3) is 0 Å². The molecule has 2 aromatic heterocycles. The van der Waals surface area contributed by atoms with Gasteiger partial charge in [-0.2, -0.15) is 0 Å². The van der Waals surface area contributed by atoms with Crippen LogP contribution in [-0.2, 0) is 0 Å². The Hall–Kier alpha value is -1.52. The third-order valence-electron chi connectivity index (χ3n) is 2.86. The van der Waals surface area contributed by atoms with Crippen molar-refractivity contribution in [2.45, 2.75) is 0 Å². The van der Waals surface area contributed by atoms with E-state index in [-0.39, 0.29) is 0 Å². The molecule has 0 aliphatic carbocycles. The minimum absolute atomic E-state index is 0.925. The van der Waals surface area contributed by atoms with Crippen molar-refractivity contribution in [3.63, 3.8) is 0 Å². The van der Waals surface area contributed by atoms with E-state index in [1.807, 2.05) is 48.5 Å². The highest BCUT2D eigenvalue weighted by atomic mass is 79.9. The monoisotopic (exact) mass is 392 g/mol. The molecule has 0 N–H and O–H groups in total. The van der Waals surface area contributed by atoms with E-state index in [4.69, 9.17) is 8.83 Å². The fourth-order valence-corrected chi connectivity index (χ4v) is 2.75. The van der Waals surface area contributed by atoms with Gasteiger partial charge in [0.05, 0.1) is 12.5 Å². The number of fused-ring (bicyclic) bond motifs is 2. The average molecular weight is 394 g/mol. The van der Waals surface area contributed by atoms with E-state index in [1.54, 1.807) is 12.5 Å². The largest absolute Gasteiger partial charge is 0.464 e. The molecule has 0 bridgehead atoms. The fraction of sp³-hybridized carbons (Fsp3) is 0. The standard InChI is InChI=1S/2C8H5BrO/c9-7-1-2-8-6(5-7)3-4-10-8;9-7-2-1-3-8-6(7)4-5-10-8/h2*1-5H. The predicted octanol–water partition coefficient (Wildman–Crippen LogP) is 6.39. The first-order valence-electron chi connectivity index (χ1n) is 5.98. The van der Waals surface area contributed by atoms with Gasteiger partial charge in [-0.3, -0.25) is 0 Å². The Balaban J connectivity index is 0.000000121. The van der Waals surface area contributed by atoms with Crippen molar-refractivity contribution in [1.82, 2.24) is 0 Å². The van der Waals surface area contributed by atoms with Crippen LogP contribution in [0.15, 0.2) is 78.8 Å². The third kappa shape index (κ3) is 2.81. The predicted molar refractivity (Wildman–Crippen MR) is 87.8 cm³/mol.